The Hall–Kier alpha value is -1.28. The second-order valence-corrected chi connectivity index (χ2v) is 6.67. The SMILES string of the molecule is Brc1ccccc1-c1ccc(OCC2CCCCC2)cc1. The van der Waals surface area contributed by atoms with Crippen LogP contribution < -0.4 is 4.74 Å². The molecular weight excluding hydrogens is 324 g/mol. The van der Waals surface area contributed by atoms with Gasteiger partial charge in [0.05, 0.1) is 6.61 Å². The largest absolute Gasteiger partial charge is 0.493 e. The summed E-state index contributed by atoms with van der Waals surface area (Å²) in [5, 5.41) is 0. The van der Waals surface area contributed by atoms with Gasteiger partial charge in [-0.2, -0.15) is 0 Å². The number of benzene rings is 2. The molecule has 1 aliphatic carbocycles. The fraction of sp³-hybridized carbons (Fsp3) is 0.368. The van der Waals surface area contributed by atoms with E-state index in [4.69, 9.17) is 4.74 Å². The molecule has 0 aliphatic heterocycles. The van der Waals surface area contributed by atoms with Crippen molar-refractivity contribution in [3.63, 3.8) is 0 Å². The van der Waals surface area contributed by atoms with Crippen molar-refractivity contribution in [3.8, 4) is 16.9 Å². The minimum Gasteiger partial charge on any atom is -0.493 e. The molecule has 1 saturated carbocycles. The summed E-state index contributed by atoms with van der Waals surface area (Å²) in [7, 11) is 0. The Labute approximate surface area is 135 Å². The molecule has 0 aromatic heterocycles. The highest BCUT2D eigenvalue weighted by atomic mass is 79.9. The molecule has 0 saturated heterocycles. The molecule has 1 nitrogen and oxygen atoms in total. The molecule has 0 spiro atoms. The van der Waals surface area contributed by atoms with Gasteiger partial charge < -0.3 is 4.74 Å². The van der Waals surface area contributed by atoms with Crippen LogP contribution in [0.4, 0.5) is 0 Å². The normalized spacial score (nSPS) is 15.9. The van der Waals surface area contributed by atoms with E-state index in [0.717, 1.165) is 22.7 Å². The Bertz CT molecular complexity index is 570. The number of hydrogen-bond donors (Lipinski definition) is 0. The van der Waals surface area contributed by atoms with E-state index in [1.54, 1.807) is 0 Å². The second-order valence-electron chi connectivity index (χ2n) is 5.82. The summed E-state index contributed by atoms with van der Waals surface area (Å²) < 4.78 is 7.08. The number of rotatable bonds is 4. The third-order valence-electron chi connectivity index (χ3n) is 4.25. The first-order valence-electron chi connectivity index (χ1n) is 7.81. The van der Waals surface area contributed by atoms with E-state index in [0.29, 0.717) is 0 Å². The molecule has 0 amide bonds. The summed E-state index contributed by atoms with van der Waals surface area (Å²) in [6.07, 6.45) is 6.80. The van der Waals surface area contributed by atoms with Gasteiger partial charge in [-0.1, -0.05) is 65.5 Å². The van der Waals surface area contributed by atoms with Crippen molar-refractivity contribution in [1.29, 1.82) is 0 Å². The maximum absolute atomic E-state index is 5.95. The smallest absolute Gasteiger partial charge is 0.119 e. The molecule has 110 valence electrons. The highest BCUT2D eigenvalue weighted by Crippen LogP contribution is 2.30. The van der Waals surface area contributed by atoms with Crippen LogP contribution in [0.25, 0.3) is 11.1 Å². The van der Waals surface area contributed by atoms with Gasteiger partial charge in [-0.05, 0) is 48.1 Å². The lowest BCUT2D eigenvalue weighted by Crippen LogP contribution is -2.15. The van der Waals surface area contributed by atoms with Crippen LogP contribution in [0.1, 0.15) is 32.1 Å². The van der Waals surface area contributed by atoms with E-state index in [9.17, 15) is 0 Å². The first-order valence-corrected chi connectivity index (χ1v) is 8.60. The van der Waals surface area contributed by atoms with Crippen molar-refractivity contribution in [2.24, 2.45) is 5.92 Å². The Morgan fingerprint density at radius 3 is 2.33 bits per heavy atom. The molecular formula is C19H21BrO. The van der Waals surface area contributed by atoms with Crippen LogP contribution in [-0.2, 0) is 0 Å². The third kappa shape index (κ3) is 3.88. The Kier molecular flexibility index (Phi) is 4.97. The van der Waals surface area contributed by atoms with Gasteiger partial charge in [-0.15, -0.1) is 0 Å². The van der Waals surface area contributed by atoms with E-state index in [2.05, 4.69) is 58.4 Å². The van der Waals surface area contributed by atoms with Crippen LogP contribution >= 0.6 is 15.9 Å². The third-order valence-corrected chi connectivity index (χ3v) is 4.94. The fourth-order valence-electron chi connectivity index (χ4n) is 2.99. The first kappa shape index (κ1) is 14.6. The predicted molar refractivity (Wildman–Crippen MR) is 91.6 cm³/mol. The van der Waals surface area contributed by atoms with Gasteiger partial charge in [0.2, 0.25) is 0 Å². The van der Waals surface area contributed by atoms with Crippen LogP contribution in [0.3, 0.4) is 0 Å². The first-order chi connectivity index (χ1) is 10.3. The van der Waals surface area contributed by atoms with Crippen LogP contribution in [0.2, 0.25) is 0 Å². The zero-order valence-electron chi connectivity index (χ0n) is 12.2. The number of ether oxygens (including phenoxy) is 1. The lowest BCUT2D eigenvalue weighted by atomic mass is 9.90. The minimum absolute atomic E-state index is 0.752. The number of halogens is 1. The van der Waals surface area contributed by atoms with Gasteiger partial charge in [0, 0.05) is 4.47 Å². The van der Waals surface area contributed by atoms with Crippen LogP contribution in [0, 0.1) is 5.92 Å². The zero-order valence-corrected chi connectivity index (χ0v) is 13.8. The van der Waals surface area contributed by atoms with Gasteiger partial charge in [0.1, 0.15) is 5.75 Å². The summed E-state index contributed by atoms with van der Waals surface area (Å²) in [5.41, 5.74) is 2.43. The van der Waals surface area contributed by atoms with Crippen molar-refractivity contribution in [1.82, 2.24) is 0 Å². The van der Waals surface area contributed by atoms with Crippen LogP contribution in [0.5, 0.6) is 5.75 Å². The molecule has 0 bridgehead atoms. The maximum atomic E-state index is 5.95. The van der Waals surface area contributed by atoms with Crippen molar-refractivity contribution in [2.45, 2.75) is 32.1 Å². The number of hydrogen-bond acceptors (Lipinski definition) is 1. The highest BCUT2D eigenvalue weighted by molar-refractivity contribution is 9.10. The Morgan fingerprint density at radius 1 is 0.905 bits per heavy atom. The van der Waals surface area contributed by atoms with E-state index in [1.807, 2.05) is 6.07 Å². The standard InChI is InChI=1S/C19H21BrO/c20-19-9-5-4-8-18(19)16-10-12-17(13-11-16)21-14-15-6-2-1-3-7-15/h4-5,8-13,15H,1-3,6-7,14H2. The summed E-state index contributed by atoms with van der Waals surface area (Å²) in [6, 6.07) is 16.7. The Balaban J connectivity index is 1.63. The quantitative estimate of drug-likeness (QED) is 0.653. The predicted octanol–water partition coefficient (Wildman–Crippen LogP) is 6.08. The van der Waals surface area contributed by atoms with Gasteiger partial charge in [-0.3, -0.25) is 0 Å². The fourth-order valence-corrected chi connectivity index (χ4v) is 3.51. The Morgan fingerprint density at radius 2 is 1.62 bits per heavy atom. The van der Waals surface area contributed by atoms with E-state index in [1.165, 1.54) is 43.2 Å². The lowest BCUT2D eigenvalue weighted by molar-refractivity contribution is 0.209. The second kappa shape index (κ2) is 7.13. The minimum atomic E-state index is 0.752. The summed E-state index contributed by atoms with van der Waals surface area (Å²) in [5.74, 6) is 1.73. The summed E-state index contributed by atoms with van der Waals surface area (Å²) in [4.78, 5) is 0. The maximum Gasteiger partial charge on any atom is 0.119 e. The van der Waals surface area contributed by atoms with Crippen molar-refractivity contribution in [2.75, 3.05) is 6.61 Å². The van der Waals surface area contributed by atoms with E-state index < -0.39 is 0 Å². The average molecular weight is 345 g/mol. The van der Waals surface area contributed by atoms with Gasteiger partial charge >= 0.3 is 0 Å². The molecule has 2 aromatic carbocycles. The van der Waals surface area contributed by atoms with Crippen LogP contribution in [0.15, 0.2) is 53.0 Å². The van der Waals surface area contributed by atoms with Gasteiger partial charge in [0.25, 0.3) is 0 Å². The molecule has 21 heavy (non-hydrogen) atoms. The average Bonchev–Trinajstić information content (AvgIpc) is 2.55. The molecule has 1 aliphatic rings. The summed E-state index contributed by atoms with van der Waals surface area (Å²) in [6.45, 7) is 0.869. The van der Waals surface area contributed by atoms with Gasteiger partial charge in [-0.25, -0.2) is 0 Å². The summed E-state index contributed by atoms with van der Waals surface area (Å²) >= 11 is 3.60. The zero-order chi connectivity index (χ0) is 14.5. The van der Waals surface area contributed by atoms with Gasteiger partial charge in [0.15, 0.2) is 0 Å². The van der Waals surface area contributed by atoms with Crippen molar-refractivity contribution in [3.05, 3.63) is 53.0 Å². The van der Waals surface area contributed by atoms with E-state index >= 15 is 0 Å². The lowest BCUT2D eigenvalue weighted by Gasteiger charge is -2.21. The monoisotopic (exact) mass is 344 g/mol. The molecule has 0 unspecified atom stereocenters. The molecule has 2 aromatic rings. The molecule has 1 fully saturated rings. The van der Waals surface area contributed by atoms with Crippen molar-refractivity contribution >= 4 is 15.9 Å². The molecule has 3 rings (SSSR count). The molecule has 0 heterocycles. The molecule has 0 N–H and O–H groups in total. The van der Waals surface area contributed by atoms with Crippen molar-refractivity contribution < 1.29 is 4.74 Å². The molecule has 0 atom stereocenters. The van der Waals surface area contributed by atoms with E-state index in [-0.39, 0.29) is 0 Å². The topological polar surface area (TPSA) is 9.23 Å². The molecule has 0 radical (unpaired) electrons. The highest BCUT2D eigenvalue weighted by Gasteiger charge is 2.13. The molecule has 2 heteroatoms. The van der Waals surface area contributed by atoms with Crippen LogP contribution in [-0.4, -0.2) is 6.61 Å².